The fourth-order valence-corrected chi connectivity index (χ4v) is 2.45. The average molecular weight is 366 g/mol. The molecule has 3 rings (SSSR count). The monoisotopic (exact) mass is 366 g/mol. The Morgan fingerprint density at radius 2 is 1.96 bits per heavy atom. The molecular weight excluding hydrogens is 344 g/mol. The van der Waals surface area contributed by atoms with Gasteiger partial charge in [0.1, 0.15) is 28.8 Å². The van der Waals surface area contributed by atoms with E-state index in [0.717, 1.165) is 11.5 Å². The van der Waals surface area contributed by atoms with Crippen LogP contribution in [0.15, 0.2) is 53.1 Å². The first-order chi connectivity index (χ1) is 13.0. The number of rotatable bonds is 7. The Bertz CT molecular complexity index is 890. The third kappa shape index (κ3) is 5.31. The fourth-order valence-electron chi connectivity index (χ4n) is 2.45. The van der Waals surface area contributed by atoms with Crippen LogP contribution in [-0.4, -0.2) is 22.0 Å². The number of aryl methyl sites for hydroxylation is 1. The van der Waals surface area contributed by atoms with E-state index < -0.39 is 0 Å². The summed E-state index contributed by atoms with van der Waals surface area (Å²) in [7, 11) is 0. The molecule has 2 N–H and O–H groups in total. The van der Waals surface area contributed by atoms with Crippen LogP contribution in [0.4, 0.5) is 11.5 Å². The summed E-state index contributed by atoms with van der Waals surface area (Å²) in [6, 6.07) is 12.5. The molecule has 2 heterocycles. The van der Waals surface area contributed by atoms with E-state index >= 15 is 0 Å². The molecule has 0 unspecified atom stereocenters. The molecule has 7 nitrogen and oxygen atoms in total. The number of nitrogens with one attached hydrogen (secondary N) is 2. The first kappa shape index (κ1) is 18.4. The van der Waals surface area contributed by atoms with Crippen molar-refractivity contribution in [3.63, 3.8) is 0 Å². The zero-order valence-electron chi connectivity index (χ0n) is 15.5. The maximum Gasteiger partial charge on any atom is 0.274 e. The largest absolute Gasteiger partial charge is 0.491 e. The summed E-state index contributed by atoms with van der Waals surface area (Å²) in [5.74, 6) is 2.29. The number of anilines is 2. The van der Waals surface area contributed by atoms with Gasteiger partial charge in [-0.05, 0) is 57.2 Å². The molecule has 0 radical (unpaired) electrons. The summed E-state index contributed by atoms with van der Waals surface area (Å²) in [5.41, 5.74) is 0.949. The van der Waals surface area contributed by atoms with Gasteiger partial charge in [0.2, 0.25) is 0 Å². The van der Waals surface area contributed by atoms with E-state index in [-0.39, 0.29) is 17.7 Å². The third-order valence-electron chi connectivity index (χ3n) is 3.58. The van der Waals surface area contributed by atoms with Crippen molar-refractivity contribution in [2.75, 3.05) is 10.6 Å². The zero-order valence-corrected chi connectivity index (χ0v) is 15.5. The van der Waals surface area contributed by atoms with Crippen LogP contribution < -0.4 is 15.4 Å². The zero-order chi connectivity index (χ0) is 19.2. The highest BCUT2D eigenvalue weighted by molar-refractivity contribution is 6.03. The van der Waals surface area contributed by atoms with E-state index in [1.54, 1.807) is 31.4 Å². The van der Waals surface area contributed by atoms with Crippen molar-refractivity contribution in [3.05, 3.63) is 66.0 Å². The lowest BCUT2D eigenvalue weighted by Crippen LogP contribution is -2.16. The van der Waals surface area contributed by atoms with Gasteiger partial charge in [0.05, 0.1) is 18.9 Å². The lowest BCUT2D eigenvalue weighted by atomic mass is 10.2. The Labute approximate surface area is 157 Å². The number of carbonyl (C=O) groups is 1. The van der Waals surface area contributed by atoms with E-state index in [2.05, 4.69) is 20.6 Å². The van der Waals surface area contributed by atoms with Crippen molar-refractivity contribution in [2.45, 2.75) is 33.4 Å². The maximum absolute atomic E-state index is 12.5. The number of hydrogen-bond acceptors (Lipinski definition) is 6. The Balaban J connectivity index is 1.66. The van der Waals surface area contributed by atoms with Crippen molar-refractivity contribution < 1.29 is 13.9 Å². The molecule has 0 saturated heterocycles. The molecule has 0 saturated carbocycles. The normalized spacial score (nSPS) is 10.7. The van der Waals surface area contributed by atoms with Gasteiger partial charge in [0.15, 0.2) is 0 Å². The van der Waals surface area contributed by atoms with Crippen LogP contribution in [-0.2, 0) is 6.54 Å². The van der Waals surface area contributed by atoms with Gasteiger partial charge in [-0.3, -0.25) is 4.79 Å². The molecule has 1 aromatic carbocycles. The fraction of sp³-hybridized carbons (Fsp3) is 0.250. The summed E-state index contributed by atoms with van der Waals surface area (Å²) in [6.07, 6.45) is 1.71. The summed E-state index contributed by atoms with van der Waals surface area (Å²) >= 11 is 0. The highest BCUT2D eigenvalue weighted by Crippen LogP contribution is 2.18. The Hall–Kier alpha value is -3.35. The average Bonchev–Trinajstić information content (AvgIpc) is 3.14. The van der Waals surface area contributed by atoms with E-state index in [4.69, 9.17) is 9.15 Å². The first-order valence-corrected chi connectivity index (χ1v) is 8.69. The van der Waals surface area contributed by atoms with Crippen molar-refractivity contribution in [1.82, 2.24) is 9.97 Å². The molecule has 140 valence electrons. The van der Waals surface area contributed by atoms with Gasteiger partial charge in [0.25, 0.3) is 5.91 Å². The second kappa shape index (κ2) is 8.35. The molecule has 0 atom stereocenters. The molecule has 2 aromatic heterocycles. The minimum absolute atomic E-state index is 0.0986. The standard InChI is InChI=1S/C20H22N4O3/c1-13(2)27-16-8-6-15(7-9-16)24-20(25)18-11-19(23-14(3)22-18)21-12-17-5-4-10-26-17/h4-11,13H,12H2,1-3H3,(H,24,25)(H,21,22,23). The van der Waals surface area contributed by atoms with Gasteiger partial charge in [-0.2, -0.15) is 0 Å². The molecule has 0 aliphatic heterocycles. The van der Waals surface area contributed by atoms with E-state index in [1.807, 2.05) is 38.1 Å². The first-order valence-electron chi connectivity index (χ1n) is 8.69. The highest BCUT2D eigenvalue weighted by Gasteiger charge is 2.11. The molecule has 27 heavy (non-hydrogen) atoms. The van der Waals surface area contributed by atoms with Gasteiger partial charge in [0, 0.05) is 11.8 Å². The number of benzene rings is 1. The number of aromatic nitrogens is 2. The second-order valence-electron chi connectivity index (χ2n) is 6.26. The van der Waals surface area contributed by atoms with Crippen LogP contribution in [0.25, 0.3) is 0 Å². The van der Waals surface area contributed by atoms with Crippen LogP contribution in [0.2, 0.25) is 0 Å². The van der Waals surface area contributed by atoms with Crippen LogP contribution in [0.1, 0.15) is 35.9 Å². The molecule has 7 heteroatoms. The van der Waals surface area contributed by atoms with Crippen LogP contribution in [0, 0.1) is 6.92 Å². The Morgan fingerprint density at radius 3 is 2.63 bits per heavy atom. The molecule has 0 fully saturated rings. The summed E-state index contributed by atoms with van der Waals surface area (Å²) in [5, 5.41) is 5.96. The van der Waals surface area contributed by atoms with Gasteiger partial charge in [-0.1, -0.05) is 0 Å². The summed E-state index contributed by atoms with van der Waals surface area (Å²) in [4.78, 5) is 21.1. The van der Waals surface area contributed by atoms with Crippen LogP contribution in [0.5, 0.6) is 5.75 Å². The molecule has 3 aromatic rings. The second-order valence-corrected chi connectivity index (χ2v) is 6.26. The highest BCUT2D eigenvalue weighted by atomic mass is 16.5. The minimum atomic E-state index is -0.306. The number of nitrogens with zero attached hydrogens (tertiary/aromatic N) is 2. The molecule has 0 aliphatic rings. The quantitative estimate of drug-likeness (QED) is 0.656. The lowest BCUT2D eigenvalue weighted by Gasteiger charge is -2.11. The molecule has 0 spiro atoms. The van der Waals surface area contributed by atoms with Gasteiger partial charge in [-0.15, -0.1) is 0 Å². The van der Waals surface area contributed by atoms with Crippen LogP contribution >= 0.6 is 0 Å². The number of carbonyl (C=O) groups excluding carboxylic acids is 1. The van der Waals surface area contributed by atoms with Crippen molar-refractivity contribution in [1.29, 1.82) is 0 Å². The predicted molar refractivity (Wildman–Crippen MR) is 103 cm³/mol. The van der Waals surface area contributed by atoms with Crippen LogP contribution in [0.3, 0.4) is 0 Å². The van der Waals surface area contributed by atoms with Gasteiger partial charge in [-0.25, -0.2) is 9.97 Å². The van der Waals surface area contributed by atoms with Crippen molar-refractivity contribution in [2.24, 2.45) is 0 Å². The van der Waals surface area contributed by atoms with Crippen molar-refractivity contribution >= 4 is 17.4 Å². The summed E-state index contributed by atoms with van der Waals surface area (Å²) in [6.45, 7) is 6.14. The lowest BCUT2D eigenvalue weighted by molar-refractivity contribution is 0.102. The maximum atomic E-state index is 12.5. The van der Waals surface area contributed by atoms with Gasteiger partial charge >= 0.3 is 0 Å². The summed E-state index contributed by atoms with van der Waals surface area (Å²) < 4.78 is 10.9. The smallest absolute Gasteiger partial charge is 0.274 e. The van der Waals surface area contributed by atoms with Gasteiger partial charge < -0.3 is 19.8 Å². The van der Waals surface area contributed by atoms with Crippen molar-refractivity contribution in [3.8, 4) is 5.75 Å². The molecule has 0 aliphatic carbocycles. The molecule has 1 amide bonds. The third-order valence-corrected chi connectivity index (χ3v) is 3.58. The predicted octanol–water partition coefficient (Wildman–Crippen LogP) is 4.03. The topological polar surface area (TPSA) is 89.3 Å². The van der Waals surface area contributed by atoms with E-state index in [0.29, 0.717) is 23.9 Å². The Kier molecular flexibility index (Phi) is 5.71. The SMILES string of the molecule is Cc1nc(NCc2ccco2)cc(C(=O)Nc2ccc(OC(C)C)cc2)n1. The minimum Gasteiger partial charge on any atom is -0.491 e. The number of amides is 1. The molecule has 0 bridgehead atoms. The number of ether oxygens (including phenoxy) is 1. The Morgan fingerprint density at radius 1 is 1.19 bits per heavy atom. The number of hydrogen-bond donors (Lipinski definition) is 2. The number of furan rings is 1. The molecular formula is C20H22N4O3. The van der Waals surface area contributed by atoms with E-state index in [9.17, 15) is 4.79 Å². The van der Waals surface area contributed by atoms with E-state index in [1.165, 1.54) is 0 Å².